The monoisotopic (exact) mass is 175 g/mol. The summed E-state index contributed by atoms with van der Waals surface area (Å²) in [6.07, 6.45) is 3.02. The van der Waals surface area contributed by atoms with Crippen LogP contribution in [0.3, 0.4) is 0 Å². The van der Waals surface area contributed by atoms with Crippen LogP contribution >= 0.6 is 0 Å². The van der Waals surface area contributed by atoms with Gasteiger partial charge in [0.2, 0.25) is 0 Å². The molecule has 2 nitrogen and oxygen atoms in total. The number of aldehydes is 1. The maximum absolute atomic E-state index is 10.6. The molecule has 0 bridgehead atoms. The van der Waals surface area contributed by atoms with Crippen molar-refractivity contribution in [2.45, 2.75) is 24.9 Å². The third kappa shape index (κ3) is 1.95. The molecule has 1 fully saturated rings. The summed E-state index contributed by atoms with van der Waals surface area (Å²) < 4.78 is 0. The van der Waals surface area contributed by atoms with Gasteiger partial charge in [0.05, 0.1) is 5.54 Å². The Morgan fingerprint density at radius 3 is 2.54 bits per heavy atom. The third-order valence-electron chi connectivity index (χ3n) is 2.50. The summed E-state index contributed by atoms with van der Waals surface area (Å²) in [5.74, 6) is 0. The summed E-state index contributed by atoms with van der Waals surface area (Å²) in [6.45, 7) is 0.791. The molecule has 0 atom stereocenters. The molecule has 0 spiro atoms. The van der Waals surface area contributed by atoms with Crippen LogP contribution < -0.4 is 5.32 Å². The molecule has 0 aliphatic heterocycles. The zero-order valence-corrected chi connectivity index (χ0v) is 7.49. The average Bonchev–Trinajstić information content (AvgIpc) is 2.97. The number of carbonyl (C=O) groups excluding carboxylic acids is 1. The fraction of sp³-hybridized carbons (Fsp3) is 0.364. The van der Waals surface area contributed by atoms with E-state index in [4.69, 9.17) is 0 Å². The Balaban J connectivity index is 1.90. The quantitative estimate of drug-likeness (QED) is 0.703. The Labute approximate surface area is 78.0 Å². The molecule has 2 rings (SSSR count). The summed E-state index contributed by atoms with van der Waals surface area (Å²) in [5.41, 5.74) is 1.05. The van der Waals surface area contributed by atoms with E-state index in [-0.39, 0.29) is 5.54 Å². The molecule has 2 heteroatoms. The fourth-order valence-corrected chi connectivity index (χ4v) is 1.34. The Morgan fingerprint density at radius 2 is 2.00 bits per heavy atom. The molecule has 1 aromatic carbocycles. The Bertz CT molecular complexity index is 290. The number of carbonyl (C=O) groups is 1. The van der Waals surface area contributed by atoms with Crippen molar-refractivity contribution in [2.24, 2.45) is 0 Å². The van der Waals surface area contributed by atoms with Crippen molar-refractivity contribution in [2.75, 3.05) is 0 Å². The second-order valence-corrected chi connectivity index (χ2v) is 3.61. The van der Waals surface area contributed by atoms with E-state index < -0.39 is 0 Å². The van der Waals surface area contributed by atoms with E-state index >= 15 is 0 Å². The van der Waals surface area contributed by atoms with E-state index in [2.05, 4.69) is 17.4 Å². The molecule has 1 saturated carbocycles. The molecule has 0 unspecified atom stereocenters. The van der Waals surface area contributed by atoms with Gasteiger partial charge in [0.25, 0.3) is 0 Å². The van der Waals surface area contributed by atoms with Gasteiger partial charge >= 0.3 is 0 Å². The zero-order chi connectivity index (χ0) is 9.15. The van der Waals surface area contributed by atoms with Gasteiger partial charge in [-0.05, 0) is 18.4 Å². The summed E-state index contributed by atoms with van der Waals surface area (Å²) in [6, 6.07) is 10.1. The molecule has 0 amide bonds. The lowest BCUT2D eigenvalue weighted by molar-refractivity contribution is -0.110. The predicted octanol–water partition coefficient (Wildman–Crippen LogP) is 1.51. The standard InChI is InChI=1S/C11H13NO/c13-9-11(6-7-11)12-8-10-4-2-1-3-5-10/h1-5,9,12H,6-8H2. The van der Waals surface area contributed by atoms with Gasteiger partial charge in [0.1, 0.15) is 6.29 Å². The molecular formula is C11H13NO. The van der Waals surface area contributed by atoms with E-state index in [1.165, 1.54) is 5.56 Å². The number of hydrogen-bond acceptors (Lipinski definition) is 2. The Kier molecular flexibility index (Phi) is 2.15. The number of hydrogen-bond donors (Lipinski definition) is 1. The van der Waals surface area contributed by atoms with Crippen LogP contribution in [0.5, 0.6) is 0 Å². The van der Waals surface area contributed by atoms with E-state index in [9.17, 15) is 4.79 Å². The summed E-state index contributed by atoms with van der Waals surface area (Å²) >= 11 is 0. The number of nitrogens with one attached hydrogen (secondary N) is 1. The van der Waals surface area contributed by atoms with Gasteiger partial charge in [-0.1, -0.05) is 30.3 Å². The van der Waals surface area contributed by atoms with Crippen molar-refractivity contribution in [1.29, 1.82) is 0 Å². The molecule has 0 radical (unpaired) electrons. The first-order valence-electron chi connectivity index (χ1n) is 4.60. The van der Waals surface area contributed by atoms with Crippen LogP contribution in [0.15, 0.2) is 30.3 Å². The smallest absolute Gasteiger partial charge is 0.140 e. The molecule has 1 aliphatic carbocycles. The predicted molar refractivity (Wildman–Crippen MR) is 51.3 cm³/mol. The van der Waals surface area contributed by atoms with Gasteiger partial charge in [0, 0.05) is 6.54 Å². The maximum Gasteiger partial charge on any atom is 0.140 e. The highest BCUT2D eigenvalue weighted by Crippen LogP contribution is 2.32. The molecule has 68 valence electrons. The van der Waals surface area contributed by atoms with Gasteiger partial charge < -0.3 is 10.1 Å². The molecule has 0 aromatic heterocycles. The van der Waals surface area contributed by atoms with Crippen molar-refractivity contribution in [1.82, 2.24) is 5.32 Å². The topological polar surface area (TPSA) is 29.1 Å². The first-order chi connectivity index (χ1) is 6.35. The number of rotatable bonds is 4. The highest BCUT2D eigenvalue weighted by atomic mass is 16.1. The first-order valence-corrected chi connectivity index (χ1v) is 4.60. The van der Waals surface area contributed by atoms with E-state index in [1.807, 2.05) is 18.2 Å². The van der Waals surface area contributed by atoms with Crippen LogP contribution in [0.4, 0.5) is 0 Å². The van der Waals surface area contributed by atoms with Crippen molar-refractivity contribution in [3.8, 4) is 0 Å². The summed E-state index contributed by atoms with van der Waals surface area (Å²) in [7, 11) is 0. The SMILES string of the molecule is O=CC1(NCc2ccccc2)CC1. The van der Waals surface area contributed by atoms with E-state index in [1.54, 1.807) is 0 Å². The summed E-state index contributed by atoms with van der Waals surface area (Å²) in [4.78, 5) is 10.6. The van der Waals surface area contributed by atoms with Crippen LogP contribution in [-0.4, -0.2) is 11.8 Å². The van der Waals surface area contributed by atoms with Crippen molar-refractivity contribution in [3.05, 3.63) is 35.9 Å². The second-order valence-electron chi connectivity index (χ2n) is 3.61. The van der Waals surface area contributed by atoms with Gasteiger partial charge in [-0.2, -0.15) is 0 Å². The largest absolute Gasteiger partial charge is 0.301 e. The van der Waals surface area contributed by atoms with Gasteiger partial charge in [-0.25, -0.2) is 0 Å². The van der Waals surface area contributed by atoms with Crippen LogP contribution in [0.2, 0.25) is 0 Å². The Morgan fingerprint density at radius 1 is 1.31 bits per heavy atom. The van der Waals surface area contributed by atoms with E-state index in [0.29, 0.717) is 0 Å². The fourth-order valence-electron chi connectivity index (χ4n) is 1.34. The van der Waals surface area contributed by atoms with E-state index in [0.717, 1.165) is 25.7 Å². The molecule has 0 heterocycles. The van der Waals surface area contributed by atoms with Gasteiger partial charge in [-0.15, -0.1) is 0 Å². The molecule has 1 N–H and O–H groups in total. The molecular weight excluding hydrogens is 162 g/mol. The third-order valence-corrected chi connectivity index (χ3v) is 2.50. The van der Waals surface area contributed by atoms with Crippen molar-refractivity contribution >= 4 is 6.29 Å². The lowest BCUT2D eigenvalue weighted by atomic mass is 10.2. The summed E-state index contributed by atoms with van der Waals surface area (Å²) in [5, 5.41) is 3.27. The zero-order valence-electron chi connectivity index (χ0n) is 7.49. The minimum Gasteiger partial charge on any atom is -0.301 e. The van der Waals surface area contributed by atoms with Crippen LogP contribution in [-0.2, 0) is 11.3 Å². The first kappa shape index (κ1) is 8.45. The van der Waals surface area contributed by atoms with Crippen molar-refractivity contribution < 1.29 is 4.79 Å². The molecule has 0 saturated heterocycles. The molecule has 1 aromatic rings. The normalized spacial score (nSPS) is 18.2. The molecule has 13 heavy (non-hydrogen) atoms. The lowest BCUT2D eigenvalue weighted by Crippen LogP contribution is -2.31. The van der Waals surface area contributed by atoms with Crippen LogP contribution in [0.25, 0.3) is 0 Å². The van der Waals surface area contributed by atoms with Gasteiger partial charge in [-0.3, -0.25) is 0 Å². The highest BCUT2D eigenvalue weighted by molar-refractivity contribution is 5.68. The average molecular weight is 175 g/mol. The highest BCUT2D eigenvalue weighted by Gasteiger charge is 2.41. The molecule has 1 aliphatic rings. The minimum absolute atomic E-state index is 0.185. The van der Waals surface area contributed by atoms with Crippen molar-refractivity contribution in [3.63, 3.8) is 0 Å². The minimum atomic E-state index is -0.185. The lowest BCUT2D eigenvalue weighted by Gasteiger charge is -2.09. The number of benzene rings is 1. The van der Waals surface area contributed by atoms with Crippen LogP contribution in [0, 0.1) is 0 Å². The van der Waals surface area contributed by atoms with Gasteiger partial charge in [0.15, 0.2) is 0 Å². The van der Waals surface area contributed by atoms with Crippen LogP contribution in [0.1, 0.15) is 18.4 Å². The maximum atomic E-state index is 10.6. The second kappa shape index (κ2) is 3.30. The Hall–Kier alpha value is -1.15.